The van der Waals surface area contributed by atoms with Crippen LogP contribution in [0.4, 0.5) is 0 Å². The Bertz CT molecular complexity index is 944. The number of hydrogen-bond donors (Lipinski definition) is 1. The summed E-state index contributed by atoms with van der Waals surface area (Å²) >= 11 is 12.1. The van der Waals surface area contributed by atoms with Gasteiger partial charge in [-0.25, -0.2) is 8.42 Å². The molecule has 1 atom stereocenters. The van der Waals surface area contributed by atoms with Crippen molar-refractivity contribution < 1.29 is 13.2 Å². The van der Waals surface area contributed by atoms with E-state index in [2.05, 4.69) is 4.72 Å². The first-order valence-corrected chi connectivity index (χ1v) is 11.9. The maximum atomic E-state index is 13.3. The number of amides is 1. The number of likely N-dealkylation sites (tertiary alicyclic amines) is 1. The minimum atomic E-state index is -4.04. The predicted octanol–water partition coefficient (Wildman–Crippen LogP) is 4.29. The van der Waals surface area contributed by atoms with Gasteiger partial charge in [-0.1, -0.05) is 66.4 Å². The number of halogens is 2. The van der Waals surface area contributed by atoms with Gasteiger partial charge >= 0.3 is 0 Å². The third-order valence-electron chi connectivity index (χ3n) is 4.98. The highest BCUT2D eigenvalue weighted by molar-refractivity contribution is 7.89. The number of benzene rings is 2. The van der Waals surface area contributed by atoms with E-state index in [0.717, 1.165) is 31.2 Å². The lowest BCUT2D eigenvalue weighted by Gasteiger charge is -2.27. The number of nitrogens with zero attached hydrogens (tertiary/aromatic N) is 1. The minimum absolute atomic E-state index is 0.0579. The molecule has 156 valence electrons. The van der Waals surface area contributed by atoms with Crippen LogP contribution in [0.25, 0.3) is 0 Å². The summed E-state index contributed by atoms with van der Waals surface area (Å²) in [6.45, 7) is 1.29. The van der Waals surface area contributed by atoms with Crippen LogP contribution in [0.3, 0.4) is 0 Å². The number of carbonyl (C=O) groups is 1. The second kappa shape index (κ2) is 9.94. The Balaban J connectivity index is 1.89. The van der Waals surface area contributed by atoms with Crippen LogP contribution < -0.4 is 4.72 Å². The summed E-state index contributed by atoms with van der Waals surface area (Å²) in [6, 6.07) is 12.7. The molecule has 8 heteroatoms. The highest BCUT2D eigenvalue weighted by Crippen LogP contribution is 2.25. The summed E-state index contributed by atoms with van der Waals surface area (Å²) in [5, 5.41) is 0.316. The highest BCUT2D eigenvalue weighted by Gasteiger charge is 2.31. The zero-order valence-electron chi connectivity index (χ0n) is 16.0. The Labute approximate surface area is 182 Å². The quantitative estimate of drug-likeness (QED) is 0.707. The van der Waals surface area contributed by atoms with Crippen molar-refractivity contribution >= 4 is 39.1 Å². The molecule has 2 aromatic carbocycles. The van der Waals surface area contributed by atoms with Gasteiger partial charge in [-0.3, -0.25) is 4.79 Å². The highest BCUT2D eigenvalue weighted by atomic mass is 35.5. The van der Waals surface area contributed by atoms with Crippen LogP contribution in [-0.4, -0.2) is 38.4 Å². The van der Waals surface area contributed by atoms with Gasteiger partial charge in [0.2, 0.25) is 15.9 Å². The summed E-state index contributed by atoms with van der Waals surface area (Å²) in [7, 11) is -4.04. The Kier molecular flexibility index (Phi) is 7.57. The standard InChI is InChI=1S/C21H24Cl2N2O3S/c22-17-10-11-18(23)20(15-17)29(27,28)24-19(14-16-8-4-3-5-9-16)21(26)25-12-6-1-2-7-13-25/h3-5,8-11,15,19,24H,1-2,6-7,12-14H2. The third kappa shape index (κ3) is 5.95. The fourth-order valence-electron chi connectivity index (χ4n) is 3.47. The number of hydrogen-bond acceptors (Lipinski definition) is 3. The summed E-state index contributed by atoms with van der Waals surface area (Å²) in [5.41, 5.74) is 0.876. The van der Waals surface area contributed by atoms with Crippen molar-refractivity contribution in [2.45, 2.75) is 43.0 Å². The van der Waals surface area contributed by atoms with Gasteiger partial charge in [0.05, 0.1) is 5.02 Å². The fourth-order valence-corrected chi connectivity index (χ4v) is 5.43. The first-order chi connectivity index (χ1) is 13.9. The molecule has 0 aromatic heterocycles. The molecule has 1 amide bonds. The number of carbonyl (C=O) groups excluding carboxylic acids is 1. The monoisotopic (exact) mass is 454 g/mol. The second-order valence-corrected chi connectivity index (χ2v) is 9.70. The first-order valence-electron chi connectivity index (χ1n) is 9.67. The van der Waals surface area contributed by atoms with Crippen molar-refractivity contribution in [3.63, 3.8) is 0 Å². The molecular weight excluding hydrogens is 431 g/mol. The van der Waals surface area contributed by atoms with E-state index in [1.54, 1.807) is 4.90 Å². The zero-order valence-corrected chi connectivity index (χ0v) is 18.3. The van der Waals surface area contributed by atoms with Crippen molar-refractivity contribution in [3.8, 4) is 0 Å². The Morgan fingerprint density at radius 1 is 1.00 bits per heavy atom. The van der Waals surface area contributed by atoms with E-state index < -0.39 is 16.1 Å². The van der Waals surface area contributed by atoms with E-state index in [0.29, 0.717) is 13.1 Å². The molecule has 0 spiro atoms. The van der Waals surface area contributed by atoms with Gasteiger partial charge < -0.3 is 4.90 Å². The Hall–Kier alpha value is -1.60. The smallest absolute Gasteiger partial charge is 0.242 e. The van der Waals surface area contributed by atoms with Crippen LogP contribution in [0, 0.1) is 0 Å². The molecule has 1 aliphatic rings. The van der Waals surface area contributed by atoms with Crippen molar-refractivity contribution in [2.75, 3.05) is 13.1 Å². The maximum absolute atomic E-state index is 13.3. The number of rotatable bonds is 6. The minimum Gasteiger partial charge on any atom is -0.341 e. The summed E-state index contributed by atoms with van der Waals surface area (Å²) in [6.07, 6.45) is 4.27. The van der Waals surface area contributed by atoms with E-state index in [-0.39, 0.29) is 27.3 Å². The van der Waals surface area contributed by atoms with Crippen LogP contribution in [0.1, 0.15) is 31.2 Å². The van der Waals surface area contributed by atoms with Crippen LogP contribution in [0.5, 0.6) is 0 Å². The molecule has 0 radical (unpaired) electrons. The van der Waals surface area contributed by atoms with E-state index in [9.17, 15) is 13.2 Å². The van der Waals surface area contributed by atoms with Crippen LogP contribution in [0.15, 0.2) is 53.4 Å². The molecule has 1 fully saturated rings. The molecule has 1 N–H and O–H groups in total. The molecule has 29 heavy (non-hydrogen) atoms. The van der Waals surface area contributed by atoms with Gasteiger partial charge in [-0.05, 0) is 43.0 Å². The number of nitrogens with one attached hydrogen (secondary N) is 1. The lowest BCUT2D eigenvalue weighted by Crippen LogP contribution is -2.50. The van der Waals surface area contributed by atoms with Crippen molar-refractivity contribution in [1.29, 1.82) is 0 Å². The zero-order chi connectivity index (χ0) is 20.9. The van der Waals surface area contributed by atoms with Gasteiger partial charge in [0.25, 0.3) is 0 Å². The van der Waals surface area contributed by atoms with Crippen LogP contribution >= 0.6 is 23.2 Å². The lowest BCUT2D eigenvalue weighted by atomic mass is 10.1. The Morgan fingerprint density at radius 2 is 1.66 bits per heavy atom. The molecule has 0 saturated carbocycles. The molecule has 1 aliphatic heterocycles. The van der Waals surface area contributed by atoms with Crippen LogP contribution in [-0.2, 0) is 21.2 Å². The van der Waals surface area contributed by atoms with Crippen molar-refractivity contribution in [3.05, 3.63) is 64.1 Å². The van der Waals surface area contributed by atoms with Crippen LogP contribution in [0.2, 0.25) is 10.0 Å². The Morgan fingerprint density at radius 3 is 2.31 bits per heavy atom. The second-order valence-electron chi connectivity index (χ2n) is 7.18. The molecule has 0 bridgehead atoms. The molecule has 2 aromatic rings. The van der Waals surface area contributed by atoms with Gasteiger partial charge in [0.1, 0.15) is 10.9 Å². The van der Waals surface area contributed by atoms with Crippen molar-refractivity contribution in [2.24, 2.45) is 0 Å². The molecule has 3 rings (SSSR count). The molecule has 0 aliphatic carbocycles. The summed E-state index contributed by atoms with van der Waals surface area (Å²) in [5.74, 6) is -0.211. The first kappa shape index (κ1) is 22.1. The van der Waals surface area contributed by atoms with Gasteiger partial charge in [-0.2, -0.15) is 4.72 Å². The average Bonchev–Trinajstić information content (AvgIpc) is 2.99. The molecule has 1 heterocycles. The van der Waals surface area contributed by atoms with E-state index >= 15 is 0 Å². The fraction of sp³-hybridized carbons (Fsp3) is 0.381. The van der Waals surface area contributed by atoms with Gasteiger partial charge in [0.15, 0.2) is 0 Å². The molecule has 1 unspecified atom stereocenters. The maximum Gasteiger partial charge on any atom is 0.242 e. The number of sulfonamides is 1. The van der Waals surface area contributed by atoms with Gasteiger partial charge in [0, 0.05) is 18.1 Å². The van der Waals surface area contributed by atoms with Gasteiger partial charge in [-0.15, -0.1) is 0 Å². The third-order valence-corrected chi connectivity index (χ3v) is 7.17. The average molecular weight is 455 g/mol. The largest absolute Gasteiger partial charge is 0.341 e. The molecular formula is C21H24Cl2N2O3S. The lowest BCUT2D eigenvalue weighted by molar-refractivity contribution is -0.132. The van der Waals surface area contributed by atoms with E-state index in [1.807, 2.05) is 30.3 Å². The normalized spacial score (nSPS) is 16.3. The SMILES string of the molecule is O=C(C(Cc1ccccc1)NS(=O)(=O)c1cc(Cl)ccc1Cl)N1CCCCCC1. The summed E-state index contributed by atoms with van der Waals surface area (Å²) in [4.78, 5) is 14.9. The van der Waals surface area contributed by atoms with E-state index in [4.69, 9.17) is 23.2 Å². The molecule has 1 saturated heterocycles. The van der Waals surface area contributed by atoms with E-state index in [1.165, 1.54) is 18.2 Å². The van der Waals surface area contributed by atoms with Crippen molar-refractivity contribution in [1.82, 2.24) is 9.62 Å². The predicted molar refractivity (Wildman–Crippen MR) is 116 cm³/mol. The summed E-state index contributed by atoms with van der Waals surface area (Å²) < 4.78 is 28.7. The topological polar surface area (TPSA) is 66.5 Å². The molecule has 5 nitrogen and oxygen atoms in total.